The Labute approximate surface area is 126 Å². The molecular formula is C14H14ClN3O3. The molecular weight excluding hydrogens is 294 g/mol. The standard InChI is InChI=1S/C14H14ClN3O3/c1-3-10-11(4-2)17-18-14(16-10)21-12-6-5-8(15)7-9(12)13(19)20/h5-7H,3-4H2,1-2H3,(H,19,20). The highest BCUT2D eigenvalue weighted by Gasteiger charge is 2.15. The summed E-state index contributed by atoms with van der Waals surface area (Å²) in [5.74, 6) is -1.01. The van der Waals surface area contributed by atoms with Gasteiger partial charge >= 0.3 is 12.0 Å². The van der Waals surface area contributed by atoms with Crippen LogP contribution in [0.25, 0.3) is 0 Å². The second-order valence-corrected chi connectivity index (χ2v) is 4.68. The van der Waals surface area contributed by atoms with E-state index in [1.807, 2.05) is 13.8 Å². The first-order valence-corrected chi connectivity index (χ1v) is 6.86. The molecule has 0 aliphatic carbocycles. The minimum Gasteiger partial charge on any atom is -0.478 e. The molecule has 0 aliphatic heterocycles. The molecule has 0 amide bonds. The number of halogens is 1. The molecule has 21 heavy (non-hydrogen) atoms. The molecule has 1 aromatic carbocycles. The Morgan fingerprint density at radius 3 is 2.57 bits per heavy atom. The summed E-state index contributed by atoms with van der Waals surface area (Å²) in [5.41, 5.74) is 1.54. The lowest BCUT2D eigenvalue weighted by Crippen LogP contribution is -2.06. The molecule has 0 aliphatic rings. The number of carboxylic acid groups (broad SMARTS) is 1. The van der Waals surface area contributed by atoms with E-state index in [1.54, 1.807) is 0 Å². The van der Waals surface area contributed by atoms with E-state index in [2.05, 4.69) is 15.2 Å². The molecule has 0 spiro atoms. The number of hydrogen-bond acceptors (Lipinski definition) is 5. The Hall–Kier alpha value is -2.21. The van der Waals surface area contributed by atoms with Crippen LogP contribution in [0.2, 0.25) is 5.02 Å². The number of rotatable bonds is 5. The highest BCUT2D eigenvalue weighted by molar-refractivity contribution is 6.31. The van der Waals surface area contributed by atoms with Gasteiger partial charge in [-0.1, -0.05) is 30.5 Å². The topological polar surface area (TPSA) is 85.2 Å². The van der Waals surface area contributed by atoms with Crippen molar-refractivity contribution >= 4 is 17.6 Å². The summed E-state index contributed by atoms with van der Waals surface area (Å²) >= 11 is 5.79. The largest absolute Gasteiger partial charge is 0.478 e. The van der Waals surface area contributed by atoms with Gasteiger partial charge in [-0.05, 0) is 31.0 Å². The van der Waals surface area contributed by atoms with E-state index in [0.29, 0.717) is 11.4 Å². The molecule has 1 N–H and O–H groups in total. The first-order chi connectivity index (χ1) is 10.0. The van der Waals surface area contributed by atoms with Crippen molar-refractivity contribution < 1.29 is 14.6 Å². The molecule has 0 atom stereocenters. The zero-order valence-electron chi connectivity index (χ0n) is 11.6. The zero-order chi connectivity index (χ0) is 15.4. The van der Waals surface area contributed by atoms with Gasteiger partial charge in [-0.2, -0.15) is 4.98 Å². The normalized spacial score (nSPS) is 10.4. The summed E-state index contributed by atoms with van der Waals surface area (Å²) in [6.07, 6.45) is 1.42. The Kier molecular flexibility index (Phi) is 4.70. The van der Waals surface area contributed by atoms with Crippen LogP contribution in [0.5, 0.6) is 11.8 Å². The summed E-state index contributed by atoms with van der Waals surface area (Å²) in [5, 5.41) is 17.4. The molecule has 2 aromatic rings. The van der Waals surface area contributed by atoms with Crippen LogP contribution >= 0.6 is 11.6 Å². The molecule has 0 radical (unpaired) electrons. The van der Waals surface area contributed by atoms with Gasteiger partial charge in [0.15, 0.2) is 0 Å². The molecule has 7 heteroatoms. The van der Waals surface area contributed by atoms with Gasteiger partial charge in [-0.15, -0.1) is 5.10 Å². The maximum atomic E-state index is 11.2. The van der Waals surface area contributed by atoms with Crippen molar-refractivity contribution in [3.63, 3.8) is 0 Å². The number of hydrogen-bond donors (Lipinski definition) is 1. The van der Waals surface area contributed by atoms with Gasteiger partial charge in [0.05, 0.1) is 11.4 Å². The number of carbonyl (C=O) groups is 1. The first-order valence-electron chi connectivity index (χ1n) is 6.48. The predicted octanol–water partition coefficient (Wildman–Crippen LogP) is 3.14. The molecule has 0 unspecified atom stereocenters. The summed E-state index contributed by atoms with van der Waals surface area (Å²) in [7, 11) is 0. The fourth-order valence-corrected chi connectivity index (χ4v) is 1.99. The molecule has 0 bridgehead atoms. The number of carboxylic acids is 1. The third kappa shape index (κ3) is 3.46. The lowest BCUT2D eigenvalue weighted by atomic mass is 10.2. The third-order valence-corrected chi connectivity index (χ3v) is 3.10. The van der Waals surface area contributed by atoms with Gasteiger partial charge in [0.25, 0.3) is 0 Å². The predicted molar refractivity (Wildman–Crippen MR) is 77.1 cm³/mol. The lowest BCUT2D eigenvalue weighted by molar-refractivity contribution is 0.0694. The fraction of sp³-hybridized carbons (Fsp3) is 0.286. The maximum absolute atomic E-state index is 11.2. The van der Waals surface area contributed by atoms with E-state index >= 15 is 0 Å². The van der Waals surface area contributed by atoms with Gasteiger partial charge in [0.1, 0.15) is 11.3 Å². The van der Waals surface area contributed by atoms with E-state index in [4.69, 9.17) is 21.4 Å². The van der Waals surface area contributed by atoms with Crippen molar-refractivity contribution in [1.82, 2.24) is 15.2 Å². The van der Waals surface area contributed by atoms with Crippen LogP contribution in [0.15, 0.2) is 18.2 Å². The van der Waals surface area contributed by atoms with Crippen molar-refractivity contribution in [2.45, 2.75) is 26.7 Å². The van der Waals surface area contributed by atoms with Gasteiger partial charge in [-0.3, -0.25) is 0 Å². The van der Waals surface area contributed by atoms with Crippen molar-refractivity contribution in [3.05, 3.63) is 40.2 Å². The van der Waals surface area contributed by atoms with Crippen molar-refractivity contribution in [1.29, 1.82) is 0 Å². The van der Waals surface area contributed by atoms with E-state index in [0.717, 1.165) is 17.8 Å². The summed E-state index contributed by atoms with van der Waals surface area (Å²) in [6.45, 7) is 3.92. The Morgan fingerprint density at radius 1 is 1.24 bits per heavy atom. The van der Waals surface area contributed by atoms with E-state index in [-0.39, 0.29) is 17.3 Å². The molecule has 6 nitrogen and oxygen atoms in total. The fourth-order valence-electron chi connectivity index (χ4n) is 1.82. The van der Waals surface area contributed by atoms with Gasteiger partial charge in [0, 0.05) is 5.02 Å². The van der Waals surface area contributed by atoms with Crippen molar-refractivity contribution in [3.8, 4) is 11.8 Å². The van der Waals surface area contributed by atoms with Crippen LogP contribution in [0.1, 0.15) is 35.6 Å². The van der Waals surface area contributed by atoms with E-state index in [9.17, 15) is 4.79 Å². The van der Waals surface area contributed by atoms with Gasteiger partial charge in [-0.25, -0.2) is 4.79 Å². The SMILES string of the molecule is CCc1nnc(Oc2ccc(Cl)cc2C(=O)O)nc1CC. The number of nitrogens with zero attached hydrogens (tertiary/aromatic N) is 3. The van der Waals surface area contributed by atoms with Crippen LogP contribution in [0.4, 0.5) is 0 Å². The monoisotopic (exact) mass is 307 g/mol. The molecule has 2 rings (SSSR count). The van der Waals surface area contributed by atoms with Crippen LogP contribution in [0.3, 0.4) is 0 Å². The van der Waals surface area contributed by atoms with Gasteiger partial charge in [0.2, 0.25) is 0 Å². The number of aryl methyl sites for hydroxylation is 2. The number of aromatic nitrogens is 3. The zero-order valence-corrected chi connectivity index (χ0v) is 12.4. The Bertz CT molecular complexity index is 677. The molecule has 0 saturated carbocycles. The van der Waals surface area contributed by atoms with Gasteiger partial charge < -0.3 is 9.84 Å². The lowest BCUT2D eigenvalue weighted by Gasteiger charge is -2.09. The number of ether oxygens (including phenoxy) is 1. The second-order valence-electron chi connectivity index (χ2n) is 4.24. The average Bonchev–Trinajstić information content (AvgIpc) is 2.48. The average molecular weight is 308 g/mol. The molecule has 1 aromatic heterocycles. The number of benzene rings is 1. The number of aromatic carboxylic acids is 1. The summed E-state index contributed by atoms with van der Waals surface area (Å²) in [6, 6.07) is 4.34. The van der Waals surface area contributed by atoms with Crippen molar-refractivity contribution in [2.75, 3.05) is 0 Å². The minimum absolute atomic E-state index is 0.0221. The Morgan fingerprint density at radius 2 is 1.95 bits per heavy atom. The quantitative estimate of drug-likeness (QED) is 0.913. The summed E-state index contributed by atoms with van der Waals surface area (Å²) < 4.78 is 5.44. The molecule has 1 heterocycles. The molecule has 0 fully saturated rings. The highest BCUT2D eigenvalue weighted by Crippen LogP contribution is 2.26. The third-order valence-electron chi connectivity index (χ3n) is 2.86. The smallest absolute Gasteiger partial charge is 0.341 e. The van der Waals surface area contributed by atoms with E-state index in [1.165, 1.54) is 18.2 Å². The summed E-state index contributed by atoms with van der Waals surface area (Å²) in [4.78, 5) is 15.5. The van der Waals surface area contributed by atoms with Crippen LogP contribution in [-0.2, 0) is 12.8 Å². The van der Waals surface area contributed by atoms with Crippen LogP contribution in [0, 0.1) is 0 Å². The van der Waals surface area contributed by atoms with Crippen LogP contribution in [-0.4, -0.2) is 26.3 Å². The molecule has 0 saturated heterocycles. The second kappa shape index (κ2) is 6.49. The maximum Gasteiger partial charge on any atom is 0.341 e. The minimum atomic E-state index is -1.14. The first kappa shape index (κ1) is 15.2. The molecule has 110 valence electrons. The van der Waals surface area contributed by atoms with Crippen LogP contribution < -0.4 is 4.74 Å². The van der Waals surface area contributed by atoms with E-state index < -0.39 is 5.97 Å². The Balaban J connectivity index is 2.36. The highest BCUT2D eigenvalue weighted by atomic mass is 35.5. The van der Waals surface area contributed by atoms with Crippen molar-refractivity contribution in [2.24, 2.45) is 0 Å².